The van der Waals surface area contributed by atoms with Gasteiger partial charge in [0.25, 0.3) is 0 Å². The minimum absolute atomic E-state index is 0. The van der Waals surface area contributed by atoms with Gasteiger partial charge in [-0.15, -0.1) is 24.0 Å². The van der Waals surface area contributed by atoms with E-state index < -0.39 is 0 Å². The zero-order chi connectivity index (χ0) is 18.4. The highest BCUT2D eigenvalue weighted by Crippen LogP contribution is 2.18. The molecule has 150 valence electrons. The number of carbonyl (C=O) groups excluding carboxylic acids is 1. The number of nitrogens with zero attached hydrogens (tertiary/aromatic N) is 3. The number of guanidine groups is 1. The van der Waals surface area contributed by atoms with E-state index in [2.05, 4.69) is 34.3 Å². The molecule has 0 bridgehead atoms. The van der Waals surface area contributed by atoms with Crippen molar-refractivity contribution in [3.63, 3.8) is 0 Å². The number of rotatable bonds is 7. The van der Waals surface area contributed by atoms with Crippen molar-refractivity contribution in [2.75, 3.05) is 26.2 Å². The minimum atomic E-state index is 0. The molecule has 1 atom stereocenters. The summed E-state index contributed by atoms with van der Waals surface area (Å²) in [4.78, 5) is 20.8. The molecule has 1 unspecified atom stereocenters. The zero-order valence-electron chi connectivity index (χ0n) is 16.2. The van der Waals surface area contributed by atoms with Crippen molar-refractivity contribution in [1.29, 1.82) is 0 Å². The van der Waals surface area contributed by atoms with Crippen molar-refractivity contribution in [3.8, 4) is 0 Å². The van der Waals surface area contributed by atoms with Gasteiger partial charge in [0.1, 0.15) is 0 Å². The molecule has 6 nitrogen and oxygen atoms in total. The molecule has 7 heteroatoms. The number of halogens is 1. The molecule has 2 heterocycles. The molecule has 0 aromatic heterocycles. The molecule has 3 N–H and O–H groups in total. The number of likely N-dealkylation sites (tertiary alicyclic amines) is 2. The molecule has 0 aliphatic carbocycles. The zero-order valence-corrected chi connectivity index (χ0v) is 18.5. The highest BCUT2D eigenvalue weighted by atomic mass is 127. The molecule has 1 amide bonds. The molecule has 0 radical (unpaired) electrons. The first-order valence-corrected chi connectivity index (χ1v) is 9.79. The largest absolute Gasteiger partial charge is 0.370 e. The van der Waals surface area contributed by atoms with Crippen LogP contribution in [0.4, 0.5) is 0 Å². The number of carbonyl (C=O) groups is 1. The summed E-state index contributed by atoms with van der Waals surface area (Å²) in [5.41, 5.74) is 8.37. The quantitative estimate of drug-likeness (QED) is 0.353. The molecule has 2 saturated heterocycles. The van der Waals surface area contributed by atoms with Crippen molar-refractivity contribution in [1.82, 2.24) is 15.1 Å². The monoisotopic (exact) mass is 485 g/mol. The lowest BCUT2D eigenvalue weighted by molar-refractivity contribution is -0.128. The maximum Gasteiger partial charge on any atom is 0.222 e. The Morgan fingerprint density at radius 3 is 2.74 bits per heavy atom. The van der Waals surface area contributed by atoms with Crippen LogP contribution in [0.1, 0.15) is 43.7 Å². The van der Waals surface area contributed by atoms with Gasteiger partial charge in [0.15, 0.2) is 5.96 Å². The van der Waals surface area contributed by atoms with Crippen LogP contribution in [0.25, 0.3) is 0 Å². The highest BCUT2D eigenvalue weighted by molar-refractivity contribution is 14.0. The molecule has 2 aliphatic rings. The molecular weight excluding hydrogens is 453 g/mol. The Labute approximate surface area is 179 Å². The SMILES string of the molecule is CCN1CCCC1CNC(N)=NCc1ccccc1CN1CCCC1=O.I. The first-order valence-electron chi connectivity index (χ1n) is 9.79. The Kier molecular flexibility index (Phi) is 8.82. The van der Waals surface area contributed by atoms with Crippen LogP contribution < -0.4 is 11.1 Å². The van der Waals surface area contributed by atoms with E-state index in [0.29, 0.717) is 31.5 Å². The van der Waals surface area contributed by atoms with E-state index in [9.17, 15) is 4.79 Å². The smallest absolute Gasteiger partial charge is 0.222 e. The van der Waals surface area contributed by atoms with Crippen molar-refractivity contribution in [3.05, 3.63) is 35.4 Å². The van der Waals surface area contributed by atoms with Gasteiger partial charge >= 0.3 is 0 Å². The fraction of sp³-hybridized carbons (Fsp3) is 0.600. The lowest BCUT2D eigenvalue weighted by Gasteiger charge is -2.23. The van der Waals surface area contributed by atoms with Gasteiger partial charge in [0, 0.05) is 32.1 Å². The Bertz CT molecular complexity index is 651. The van der Waals surface area contributed by atoms with Crippen LogP contribution in [0.2, 0.25) is 0 Å². The van der Waals surface area contributed by atoms with Crippen LogP contribution >= 0.6 is 24.0 Å². The van der Waals surface area contributed by atoms with E-state index >= 15 is 0 Å². The van der Waals surface area contributed by atoms with Gasteiger partial charge in [-0.3, -0.25) is 9.69 Å². The van der Waals surface area contributed by atoms with Crippen LogP contribution in [-0.2, 0) is 17.9 Å². The third-order valence-corrected chi connectivity index (χ3v) is 5.49. The minimum Gasteiger partial charge on any atom is -0.370 e. The van der Waals surface area contributed by atoms with Gasteiger partial charge in [-0.05, 0) is 43.5 Å². The number of benzene rings is 1. The summed E-state index contributed by atoms with van der Waals surface area (Å²) in [7, 11) is 0. The van der Waals surface area contributed by atoms with Crippen LogP contribution in [0.5, 0.6) is 0 Å². The van der Waals surface area contributed by atoms with E-state index in [0.717, 1.165) is 37.2 Å². The summed E-state index contributed by atoms with van der Waals surface area (Å²) in [6.45, 7) is 7.40. The Hall–Kier alpha value is -1.35. The Morgan fingerprint density at radius 2 is 2.04 bits per heavy atom. The van der Waals surface area contributed by atoms with Crippen LogP contribution in [0, 0.1) is 0 Å². The Balaban J connectivity index is 0.00000261. The first-order chi connectivity index (χ1) is 12.7. The Morgan fingerprint density at radius 1 is 1.26 bits per heavy atom. The molecule has 1 aromatic carbocycles. The van der Waals surface area contributed by atoms with E-state index in [1.165, 1.54) is 19.4 Å². The predicted molar refractivity (Wildman–Crippen MR) is 120 cm³/mol. The van der Waals surface area contributed by atoms with Crippen LogP contribution in [0.3, 0.4) is 0 Å². The third kappa shape index (κ3) is 6.07. The van der Waals surface area contributed by atoms with Crippen LogP contribution in [-0.4, -0.2) is 53.9 Å². The van der Waals surface area contributed by atoms with E-state index in [1.807, 2.05) is 17.0 Å². The van der Waals surface area contributed by atoms with E-state index in [1.54, 1.807) is 0 Å². The highest BCUT2D eigenvalue weighted by Gasteiger charge is 2.23. The maximum absolute atomic E-state index is 11.9. The fourth-order valence-corrected chi connectivity index (χ4v) is 3.93. The number of amides is 1. The number of likely N-dealkylation sites (N-methyl/N-ethyl adjacent to an activating group) is 1. The lowest BCUT2D eigenvalue weighted by Crippen LogP contribution is -2.42. The van der Waals surface area contributed by atoms with Crippen molar-refractivity contribution < 1.29 is 4.79 Å². The molecule has 2 fully saturated rings. The summed E-state index contributed by atoms with van der Waals surface area (Å²) < 4.78 is 0. The van der Waals surface area contributed by atoms with E-state index in [-0.39, 0.29) is 29.9 Å². The molecular formula is C20H32IN5O. The maximum atomic E-state index is 11.9. The molecule has 0 saturated carbocycles. The van der Waals surface area contributed by atoms with Gasteiger partial charge in [-0.2, -0.15) is 0 Å². The predicted octanol–water partition coefficient (Wildman–Crippen LogP) is 2.32. The average Bonchev–Trinajstić information content (AvgIpc) is 3.28. The summed E-state index contributed by atoms with van der Waals surface area (Å²) >= 11 is 0. The van der Waals surface area contributed by atoms with Crippen molar-refractivity contribution in [2.24, 2.45) is 10.7 Å². The third-order valence-electron chi connectivity index (χ3n) is 5.49. The number of aliphatic imine (C=N–C) groups is 1. The normalized spacial score (nSPS) is 20.8. The fourth-order valence-electron chi connectivity index (χ4n) is 3.93. The number of hydrogen-bond acceptors (Lipinski definition) is 3. The second kappa shape index (κ2) is 10.8. The van der Waals surface area contributed by atoms with Gasteiger partial charge < -0.3 is 16.0 Å². The molecule has 0 spiro atoms. The van der Waals surface area contributed by atoms with E-state index in [4.69, 9.17) is 5.73 Å². The van der Waals surface area contributed by atoms with Crippen molar-refractivity contribution in [2.45, 2.75) is 51.7 Å². The number of nitrogens with two attached hydrogens (primary N) is 1. The topological polar surface area (TPSA) is 74.0 Å². The summed E-state index contributed by atoms with van der Waals surface area (Å²) in [5.74, 6) is 0.751. The number of hydrogen-bond donors (Lipinski definition) is 2. The van der Waals surface area contributed by atoms with Gasteiger partial charge in [-0.25, -0.2) is 4.99 Å². The molecule has 2 aliphatic heterocycles. The molecule has 27 heavy (non-hydrogen) atoms. The number of nitrogens with one attached hydrogen (secondary N) is 1. The first kappa shape index (κ1) is 21.9. The van der Waals surface area contributed by atoms with Crippen molar-refractivity contribution >= 4 is 35.8 Å². The summed E-state index contributed by atoms with van der Waals surface area (Å²) in [5, 5.41) is 3.28. The van der Waals surface area contributed by atoms with Gasteiger partial charge in [-0.1, -0.05) is 31.2 Å². The molecule has 1 aromatic rings. The lowest BCUT2D eigenvalue weighted by atomic mass is 10.1. The second-order valence-corrected chi connectivity index (χ2v) is 7.19. The van der Waals surface area contributed by atoms with Gasteiger partial charge in [0.05, 0.1) is 6.54 Å². The standard InChI is InChI=1S/C20H31N5O.HI/c1-2-24-11-5-9-18(24)14-23-20(21)22-13-16-7-3-4-8-17(16)15-25-12-6-10-19(25)26;/h3-4,7-8,18H,2,5-6,9-15H2,1H3,(H3,21,22,23);1H. The summed E-state index contributed by atoms with van der Waals surface area (Å²) in [6.07, 6.45) is 4.12. The average molecular weight is 485 g/mol. The second-order valence-electron chi connectivity index (χ2n) is 7.19. The van der Waals surface area contributed by atoms with Crippen LogP contribution in [0.15, 0.2) is 29.3 Å². The molecule has 3 rings (SSSR count). The van der Waals surface area contributed by atoms with Gasteiger partial charge in [0.2, 0.25) is 5.91 Å². The summed E-state index contributed by atoms with van der Waals surface area (Å²) in [6, 6.07) is 8.74.